The summed E-state index contributed by atoms with van der Waals surface area (Å²) in [5, 5.41) is 2.21. The van der Waals surface area contributed by atoms with E-state index in [1.165, 1.54) is 25.9 Å². The van der Waals surface area contributed by atoms with Crippen molar-refractivity contribution in [2.24, 2.45) is 0 Å². The van der Waals surface area contributed by atoms with Crippen molar-refractivity contribution in [1.29, 1.82) is 0 Å². The third kappa shape index (κ3) is 0.856. The van der Waals surface area contributed by atoms with Crippen molar-refractivity contribution >= 4 is 0 Å². The Morgan fingerprint density at radius 1 is 1.20 bits per heavy atom. The molecular weight excluding hydrogens is 126 g/mol. The summed E-state index contributed by atoms with van der Waals surface area (Å²) < 4.78 is 0. The number of quaternary nitrogens is 1. The van der Waals surface area contributed by atoms with E-state index in [4.69, 9.17) is 0 Å². The third-order valence-electron chi connectivity index (χ3n) is 2.92. The molecular formula is C7H16N3+. The zero-order valence-corrected chi connectivity index (χ0v) is 6.58. The molecule has 2 aliphatic heterocycles. The standard InChI is InChI=1S/C7H15N3/c1-9-6-2-3-7(9)5-10(8)4-6/h6-7H,2-5,8H2,1H3/p+1. The van der Waals surface area contributed by atoms with E-state index in [1.54, 1.807) is 0 Å². The molecule has 0 aromatic heterocycles. The van der Waals surface area contributed by atoms with E-state index >= 15 is 0 Å². The molecule has 58 valence electrons. The first-order valence-electron chi connectivity index (χ1n) is 4.05. The lowest BCUT2D eigenvalue weighted by molar-refractivity contribution is -0.580. The van der Waals surface area contributed by atoms with Gasteiger partial charge in [0.25, 0.3) is 0 Å². The van der Waals surface area contributed by atoms with Gasteiger partial charge in [-0.15, -0.1) is 0 Å². The molecule has 2 saturated heterocycles. The van der Waals surface area contributed by atoms with Crippen LogP contribution in [0.15, 0.2) is 0 Å². The predicted molar refractivity (Wildman–Crippen MR) is 39.0 cm³/mol. The molecule has 3 nitrogen and oxygen atoms in total. The van der Waals surface area contributed by atoms with Crippen LogP contribution in [0.4, 0.5) is 0 Å². The van der Waals surface area contributed by atoms with Crippen LogP contribution in [0.2, 0.25) is 0 Å². The molecule has 3 N–H and O–H groups in total. The van der Waals surface area contributed by atoms with E-state index in [-0.39, 0.29) is 0 Å². The van der Waals surface area contributed by atoms with Crippen molar-refractivity contribution < 1.29 is 5.84 Å². The molecule has 0 aromatic carbocycles. The van der Waals surface area contributed by atoms with Crippen molar-refractivity contribution in [3.63, 3.8) is 0 Å². The second-order valence-electron chi connectivity index (χ2n) is 3.59. The molecule has 2 unspecified atom stereocenters. The first kappa shape index (κ1) is 6.58. The zero-order chi connectivity index (χ0) is 7.14. The van der Waals surface area contributed by atoms with Crippen LogP contribution in [-0.4, -0.2) is 42.1 Å². The normalized spacial score (nSPS) is 42.6. The van der Waals surface area contributed by atoms with Crippen LogP contribution in [0, 0.1) is 0 Å². The molecule has 0 amide bonds. The van der Waals surface area contributed by atoms with Gasteiger partial charge in [0.2, 0.25) is 0 Å². The number of piperazine rings is 1. The molecule has 2 heterocycles. The summed E-state index contributed by atoms with van der Waals surface area (Å²) in [6.07, 6.45) is 2.76. The lowest BCUT2D eigenvalue weighted by Gasteiger charge is -2.34. The minimum atomic E-state index is 0.802. The topological polar surface area (TPSA) is 34.1 Å². The highest BCUT2D eigenvalue weighted by Gasteiger charge is 2.37. The zero-order valence-electron chi connectivity index (χ0n) is 6.58. The number of nitrogens with zero attached hydrogens (tertiary/aromatic N) is 2. The van der Waals surface area contributed by atoms with E-state index in [1.807, 2.05) is 0 Å². The highest BCUT2D eigenvalue weighted by atomic mass is 15.5. The van der Waals surface area contributed by atoms with Gasteiger partial charge >= 0.3 is 0 Å². The molecule has 0 aromatic rings. The molecule has 2 rings (SSSR count). The summed E-state index contributed by atoms with van der Waals surface area (Å²) >= 11 is 0. The summed E-state index contributed by atoms with van der Waals surface area (Å²) in [4.78, 5) is 2.52. The molecule has 0 radical (unpaired) electrons. The highest BCUT2D eigenvalue weighted by molar-refractivity contribution is 4.91. The van der Waals surface area contributed by atoms with Crippen LogP contribution in [0.3, 0.4) is 0 Å². The maximum atomic E-state index is 3.98. The number of hydrogen-bond acceptors (Lipinski definition) is 2. The molecule has 10 heavy (non-hydrogen) atoms. The number of likely N-dealkylation sites (N-methyl/N-ethyl adjacent to an activating group) is 1. The molecule has 2 atom stereocenters. The molecule has 2 aliphatic rings. The Kier molecular flexibility index (Phi) is 1.44. The third-order valence-corrected chi connectivity index (χ3v) is 2.92. The number of rotatable bonds is 0. The monoisotopic (exact) mass is 142 g/mol. The Labute approximate surface area is 61.7 Å². The highest BCUT2D eigenvalue weighted by Crippen LogP contribution is 2.26. The maximum absolute atomic E-state index is 3.98. The quantitative estimate of drug-likeness (QED) is 0.467. The van der Waals surface area contributed by atoms with E-state index in [0.717, 1.165) is 12.1 Å². The average Bonchev–Trinajstić information content (AvgIpc) is 2.20. The van der Waals surface area contributed by atoms with Gasteiger partial charge < -0.3 is 0 Å². The Morgan fingerprint density at radius 2 is 1.70 bits per heavy atom. The van der Waals surface area contributed by atoms with Crippen LogP contribution in [0.25, 0.3) is 0 Å². The molecule has 0 spiro atoms. The minimum absolute atomic E-state index is 0.802. The van der Waals surface area contributed by atoms with Gasteiger partial charge in [0, 0.05) is 12.1 Å². The van der Waals surface area contributed by atoms with Crippen LogP contribution in [0.5, 0.6) is 0 Å². The Bertz CT molecular complexity index is 123. The second kappa shape index (κ2) is 2.19. The van der Waals surface area contributed by atoms with Gasteiger partial charge in [-0.2, -0.15) is 5.01 Å². The average molecular weight is 142 g/mol. The fourth-order valence-corrected chi connectivity index (χ4v) is 2.20. The second-order valence-corrected chi connectivity index (χ2v) is 3.59. The van der Waals surface area contributed by atoms with Crippen molar-refractivity contribution in [3.8, 4) is 0 Å². The van der Waals surface area contributed by atoms with E-state index in [9.17, 15) is 0 Å². The van der Waals surface area contributed by atoms with Gasteiger partial charge in [0.1, 0.15) is 0 Å². The van der Waals surface area contributed by atoms with Crippen molar-refractivity contribution in [1.82, 2.24) is 9.91 Å². The summed E-state index contributed by atoms with van der Waals surface area (Å²) in [6, 6.07) is 1.60. The molecule has 2 bridgehead atoms. The first-order chi connectivity index (χ1) is 4.77. The Hall–Kier alpha value is -0.120. The van der Waals surface area contributed by atoms with Gasteiger partial charge in [-0.1, -0.05) is 0 Å². The van der Waals surface area contributed by atoms with Gasteiger partial charge in [-0.25, -0.2) is 0 Å². The Morgan fingerprint density at radius 3 is 2.20 bits per heavy atom. The lowest BCUT2D eigenvalue weighted by Crippen LogP contribution is -2.73. The van der Waals surface area contributed by atoms with Crippen LogP contribution in [-0.2, 0) is 0 Å². The van der Waals surface area contributed by atoms with Crippen LogP contribution < -0.4 is 5.84 Å². The minimum Gasteiger partial charge on any atom is -0.297 e. The number of fused-ring (bicyclic) bond motifs is 2. The van der Waals surface area contributed by atoms with Crippen molar-refractivity contribution in [2.75, 3.05) is 20.1 Å². The number of hydrogen-bond donors (Lipinski definition) is 1. The van der Waals surface area contributed by atoms with E-state index in [0.29, 0.717) is 0 Å². The van der Waals surface area contributed by atoms with E-state index < -0.39 is 0 Å². The van der Waals surface area contributed by atoms with Crippen molar-refractivity contribution in [2.45, 2.75) is 24.9 Å². The smallest absolute Gasteiger partial charge is 0.0629 e. The maximum Gasteiger partial charge on any atom is 0.0629 e. The molecule has 0 saturated carbocycles. The van der Waals surface area contributed by atoms with Crippen LogP contribution in [0.1, 0.15) is 12.8 Å². The van der Waals surface area contributed by atoms with Gasteiger partial charge in [-0.05, 0) is 19.9 Å². The van der Waals surface area contributed by atoms with Gasteiger partial charge in [-0.3, -0.25) is 10.7 Å². The summed E-state index contributed by atoms with van der Waals surface area (Å²) in [7, 11) is 2.25. The fourth-order valence-electron chi connectivity index (χ4n) is 2.20. The van der Waals surface area contributed by atoms with Crippen LogP contribution >= 0.6 is 0 Å². The fraction of sp³-hybridized carbons (Fsp3) is 1.00. The van der Waals surface area contributed by atoms with E-state index in [2.05, 4.69) is 22.8 Å². The van der Waals surface area contributed by atoms with Crippen molar-refractivity contribution in [3.05, 3.63) is 0 Å². The lowest BCUT2D eigenvalue weighted by atomic mass is 10.2. The largest absolute Gasteiger partial charge is 0.297 e. The molecule has 0 aliphatic carbocycles. The predicted octanol–water partition coefficient (Wildman–Crippen LogP) is -1.08. The van der Waals surface area contributed by atoms with Gasteiger partial charge in [0.05, 0.1) is 13.1 Å². The summed E-state index contributed by atoms with van der Waals surface area (Å²) in [6.45, 7) is 2.35. The summed E-state index contributed by atoms with van der Waals surface area (Å²) in [5.74, 6) is 3.98. The SMILES string of the molecule is CN1C2CCC1CN([NH3+])C2. The Balaban J connectivity index is 2.09. The molecule has 3 heteroatoms. The summed E-state index contributed by atoms with van der Waals surface area (Å²) in [5.41, 5.74) is 0. The van der Waals surface area contributed by atoms with Gasteiger partial charge in [0.15, 0.2) is 0 Å². The first-order valence-corrected chi connectivity index (χ1v) is 4.05. The molecule has 2 fully saturated rings.